The van der Waals surface area contributed by atoms with Gasteiger partial charge in [0, 0.05) is 7.11 Å². The van der Waals surface area contributed by atoms with Crippen LogP contribution in [0.4, 0.5) is 4.39 Å². The molecule has 20 heavy (non-hydrogen) atoms. The van der Waals surface area contributed by atoms with Crippen LogP contribution in [0.15, 0.2) is 35.4 Å². The highest BCUT2D eigenvalue weighted by Crippen LogP contribution is 2.24. The number of rotatable bonds is 6. The molecule has 1 heterocycles. The molecule has 1 N–H and O–H groups in total. The number of para-hydroxylation sites is 1. The maximum atomic E-state index is 13.8. The van der Waals surface area contributed by atoms with Gasteiger partial charge >= 0.3 is 5.97 Å². The molecule has 1 aromatic heterocycles. The Kier molecular flexibility index (Phi) is 4.75. The van der Waals surface area contributed by atoms with E-state index in [1.165, 1.54) is 17.9 Å². The number of methoxy groups -OCH3 is 1. The second-order valence-corrected chi connectivity index (χ2v) is 4.95. The fourth-order valence-electron chi connectivity index (χ4n) is 1.66. The number of carboxylic acids is 1. The van der Waals surface area contributed by atoms with Crippen molar-refractivity contribution in [3.05, 3.63) is 41.8 Å². The Morgan fingerprint density at radius 3 is 2.90 bits per heavy atom. The first-order valence-corrected chi connectivity index (χ1v) is 6.77. The summed E-state index contributed by atoms with van der Waals surface area (Å²) in [6, 6.07) is 7.90. The van der Waals surface area contributed by atoms with Gasteiger partial charge in [0.1, 0.15) is 16.5 Å². The van der Waals surface area contributed by atoms with Crippen molar-refractivity contribution in [1.29, 1.82) is 0 Å². The van der Waals surface area contributed by atoms with Gasteiger partial charge in [-0.1, -0.05) is 23.9 Å². The van der Waals surface area contributed by atoms with Crippen LogP contribution in [-0.4, -0.2) is 33.7 Å². The Bertz CT molecular complexity index is 615. The number of benzene rings is 1. The van der Waals surface area contributed by atoms with Crippen molar-refractivity contribution in [3.8, 4) is 5.69 Å². The number of halogens is 1. The third kappa shape index (κ3) is 3.37. The molecule has 0 unspecified atom stereocenters. The van der Waals surface area contributed by atoms with Crippen molar-refractivity contribution in [2.24, 2.45) is 0 Å². The standard InChI is InChI=1S/C13H13FN2O3S/c1-19-7-9-6-12(20-8-13(17)18)16(15-9)11-5-3-2-4-10(11)14/h2-6H,7-8H2,1H3,(H,17,18). The molecule has 0 spiro atoms. The number of thioether (sulfide) groups is 1. The molecule has 0 saturated carbocycles. The van der Waals surface area contributed by atoms with Crippen molar-refractivity contribution >= 4 is 17.7 Å². The van der Waals surface area contributed by atoms with Gasteiger partial charge in [-0.2, -0.15) is 5.10 Å². The molecule has 106 valence electrons. The first-order chi connectivity index (χ1) is 9.61. The van der Waals surface area contributed by atoms with E-state index in [0.29, 0.717) is 10.7 Å². The lowest BCUT2D eigenvalue weighted by molar-refractivity contribution is -0.133. The van der Waals surface area contributed by atoms with E-state index in [2.05, 4.69) is 5.10 Å². The molecule has 2 rings (SSSR count). The van der Waals surface area contributed by atoms with E-state index < -0.39 is 11.8 Å². The van der Waals surface area contributed by atoms with Crippen LogP contribution in [0.3, 0.4) is 0 Å². The minimum absolute atomic E-state index is 0.118. The zero-order valence-electron chi connectivity index (χ0n) is 10.7. The Balaban J connectivity index is 2.39. The topological polar surface area (TPSA) is 64.3 Å². The number of hydrogen-bond acceptors (Lipinski definition) is 4. The maximum absolute atomic E-state index is 13.8. The van der Waals surface area contributed by atoms with E-state index in [1.807, 2.05) is 0 Å². The van der Waals surface area contributed by atoms with Crippen molar-refractivity contribution in [2.45, 2.75) is 11.6 Å². The van der Waals surface area contributed by atoms with Crippen LogP contribution in [0, 0.1) is 5.82 Å². The molecule has 7 heteroatoms. The third-order valence-corrected chi connectivity index (χ3v) is 3.42. The van der Waals surface area contributed by atoms with Crippen LogP contribution in [0.2, 0.25) is 0 Å². The van der Waals surface area contributed by atoms with Gasteiger partial charge in [0.2, 0.25) is 0 Å². The van der Waals surface area contributed by atoms with E-state index in [9.17, 15) is 9.18 Å². The number of aliphatic carboxylic acids is 1. The molecular formula is C13H13FN2O3S. The highest BCUT2D eigenvalue weighted by Gasteiger charge is 2.14. The molecular weight excluding hydrogens is 283 g/mol. The van der Waals surface area contributed by atoms with Crippen LogP contribution in [0.5, 0.6) is 0 Å². The molecule has 0 bridgehead atoms. The highest BCUT2D eigenvalue weighted by molar-refractivity contribution is 7.99. The second-order valence-electron chi connectivity index (χ2n) is 3.95. The van der Waals surface area contributed by atoms with Crippen LogP contribution < -0.4 is 0 Å². The second kappa shape index (κ2) is 6.53. The summed E-state index contributed by atoms with van der Waals surface area (Å²) in [7, 11) is 1.53. The average Bonchev–Trinajstić information content (AvgIpc) is 2.80. The van der Waals surface area contributed by atoms with Gasteiger partial charge in [-0.3, -0.25) is 4.79 Å². The summed E-state index contributed by atoms with van der Waals surface area (Å²) in [4.78, 5) is 10.7. The normalized spacial score (nSPS) is 10.7. The molecule has 0 saturated heterocycles. The van der Waals surface area contributed by atoms with Crippen molar-refractivity contribution in [1.82, 2.24) is 9.78 Å². The lowest BCUT2D eigenvalue weighted by Crippen LogP contribution is -2.04. The zero-order valence-corrected chi connectivity index (χ0v) is 11.6. The van der Waals surface area contributed by atoms with Crippen molar-refractivity contribution < 1.29 is 19.0 Å². The van der Waals surface area contributed by atoms with Gasteiger partial charge in [0.15, 0.2) is 0 Å². The molecule has 0 aliphatic heterocycles. The first kappa shape index (κ1) is 14.5. The van der Waals surface area contributed by atoms with E-state index in [4.69, 9.17) is 9.84 Å². The van der Waals surface area contributed by atoms with Gasteiger partial charge in [-0.15, -0.1) is 0 Å². The van der Waals surface area contributed by atoms with Crippen LogP contribution in [0.25, 0.3) is 5.69 Å². The summed E-state index contributed by atoms with van der Waals surface area (Å²) < 4.78 is 20.2. The molecule has 5 nitrogen and oxygen atoms in total. The lowest BCUT2D eigenvalue weighted by Gasteiger charge is -2.06. The highest BCUT2D eigenvalue weighted by atomic mass is 32.2. The van der Waals surface area contributed by atoms with E-state index >= 15 is 0 Å². The van der Waals surface area contributed by atoms with Crippen molar-refractivity contribution in [3.63, 3.8) is 0 Å². The van der Waals surface area contributed by atoms with E-state index in [1.54, 1.807) is 24.3 Å². The summed E-state index contributed by atoms with van der Waals surface area (Å²) in [5, 5.41) is 13.6. The molecule has 1 aromatic carbocycles. The summed E-state index contributed by atoms with van der Waals surface area (Å²) in [5.74, 6) is -1.48. The summed E-state index contributed by atoms with van der Waals surface area (Å²) in [6.07, 6.45) is 0. The minimum Gasteiger partial charge on any atom is -0.481 e. The number of ether oxygens (including phenoxy) is 1. The number of aromatic nitrogens is 2. The van der Waals surface area contributed by atoms with Gasteiger partial charge in [0.05, 0.1) is 18.1 Å². The Labute approximate surface area is 119 Å². The molecule has 0 aliphatic rings. The van der Waals surface area contributed by atoms with Crippen LogP contribution in [0.1, 0.15) is 5.69 Å². The average molecular weight is 296 g/mol. The largest absolute Gasteiger partial charge is 0.481 e. The Morgan fingerprint density at radius 1 is 1.50 bits per heavy atom. The van der Waals surface area contributed by atoms with Crippen molar-refractivity contribution in [2.75, 3.05) is 12.9 Å². The SMILES string of the molecule is COCc1cc(SCC(=O)O)n(-c2ccccc2F)n1. The van der Waals surface area contributed by atoms with E-state index in [0.717, 1.165) is 11.8 Å². The van der Waals surface area contributed by atoms with Gasteiger partial charge in [0.25, 0.3) is 0 Å². The molecule has 0 fully saturated rings. The monoisotopic (exact) mass is 296 g/mol. The number of carbonyl (C=O) groups is 1. The van der Waals surface area contributed by atoms with E-state index in [-0.39, 0.29) is 18.0 Å². The lowest BCUT2D eigenvalue weighted by atomic mass is 10.3. The fourth-order valence-corrected chi connectivity index (χ4v) is 2.42. The molecule has 0 aliphatic carbocycles. The first-order valence-electron chi connectivity index (χ1n) is 5.79. The van der Waals surface area contributed by atoms with Gasteiger partial charge in [-0.05, 0) is 18.2 Å². The summed E-state index contributed by atoms with van der Waals surface area (Å²) >= 11 is 1.08. The predicted octanol–water partition coefficient (Wildman–Crippen LogP) is 2.33. The third-order valence-electron chi connectivity index (χ3n) is 2.44. The Hall–Kier alpha value is -1.86. The summed E-state index contributed by atoms with van der Waals surface area (Å²) in [5.41, 5.74) is 0.895. The molecule has 0 radical (unpaired) electrons. The van der Waals surface area contributed by atoms with Crippen LogP contribution in [-0.2, 0) is 16.1 Å². The quantitative estimate of drug-likeness (QED) is 0.829. The summed E-state index contributed by atoms with van der Waals surface area (Å²) in [6.45, 7) is 0.280. The number of hydrogen-bond donors (Lipinski definition) is 1. The number of carboxylic acid groups (broad SMARTS) is 1. The van der Waals surface area contributed by atoms with Crippen LogP contribution >= 0.6 is 11.8 Å². The van der Waals surface area contributed by atoms with Gasteiger partial charge in [-0.25, -0.2) is 9.07 Å². The molecule has 2 aromatic rings. The smallest absolute Gasteiger partial charge is 0.313 e. The van der Waals surface area contributed by atoms with Gasteiger partial charge < -0.3 is 9.84 Å². The molecule has 0 amide bonds. The predicted molar refractivity (Wildman–Crippen MR) is 72.6 cm³/mol. The molecule has 0 atom stereocenters. The maximum Gasteiger partial charge on any atom is 0.313 e. The number of nitrogens with zero attached hydrogens (tertiary/aromatic N) is 2. The minimum atomic E-state index is -0.940. The fraction of sp³-hybridized carbons (Fsp3) is 0.231. The zero-order chi connectivity index (χ0) is 14.5. The Morgan fingerprint density at radius 2 is 2.25 bits per heavy atom.